The monoisotopic (exact) mass is 346 g/mol. The molecule has 0 radical (unpaired) electrons. The van der Waals surface area contributed by atoms with Crippen LogP contribution in [0, 0.1) is 6.92 Å². The molecule has 2 amide bonds. The fraction of sp³-hybridized carbons (Fsp3) is 0.250. The summed E-state index contributed by atoms with van der Waals surface area (Å²) in [6.45, 7) is 2.21. The molecule has 2 rings (SSSR count). The molecule has 126 valence electrons. The minimum Gasteiger partial charge on any atom is -0.481 e. The number of carbonyl (C=O) groups excluding carboxylic acids is 1. The molecule has 2 aromatic rings. The molecule has 0 saturated heterocycles. The molecule has 8 heteroatoms. The molecule has 0 unspecified atom stereocenters. The van der Waals surface area contributed by atoms with Gasteiger partial charge in [-0.3, -0.25) is 4.79 Å². The van der Waals surface area contributed by atoms with E-state index in [4.69, 9.17) is 5.11 Å². The first-order valence-electron chi connectivity index (χ1n) is 7.37. The Balaban J connectivity index is 1.87. The van der Waals surface area contributed by atoms with E-state index in [1.807, 2.05) is 25.1 Å². The zero-order valence-corrected chi connectivity index (χ0v) is 14.0. The van der Waals surface area contributed by atoms with Gasteiger partial charge in [-0.05, 0) is 54.9 Å². The Morgan fingerprint density at radius 1 is 1.25 bits per heavy atom. The maximum absolute atomic E-state index is 11.8. The average molecular weight is 346 g/mol. The largest absolute Gasteiger partial charge is 0.481 e. The lowest BCUT2D eigenvalue weighted by Crippen LogP contribution is -2.30. The van der Waals surface area contributed by atoms with Crippen molar-refractivity contribution in [1.82, 2.24) is 15.3 Å². The summed E-state index contributed by atoms with van der Waals surface area (Å²) in [6.07, 6.45) is 3.81. The van der Waals surface area contributed by atoms with E-state index in [1.165, 1.54) is 11.8 Å². The highest BCUT2D eigenvalue weighted by molar-refractivity contribution is 7.99. The first-order chi connectivity index (χ1) is 11.5. The molecular weight excluding hydrogens is 328 g/mol. The number of hydrogen-bond donors (Lipinski definition) is 3. The van der Waals surface area contributed by atoms with E-state index in [1.54, 1.807) is 18.5 Å². The molecule has 0 spiro atoms. The molecule has 1 aromatic carbocycles. The Hall–Kier alpha value is -2.61. The maximum atomic E-state index is 11.8. The van der Waals surface area contributed by atoms with E-state index >= 15 is 0 Å². The highest BCUT2D eigenvalue weighted by atomic mass is 32.2. The van der Waals surface area contributed by atoms with Gasteiger partial charge >= 0.3 is 12.0 Å². The number of nitrogens with one attached hydrogen (secondary N) is 2. The van der Waals surface area contributed by atoms with Crippen LogP contribution in [0.3, 0.4) is 0 Å². The maximum Gasteiger partial charge on any atom is 0.319 e. The van der Waals surface area contributed by atoms with Crippen LogP contribution in [-0.4, -0.2) is 33.6 Å². The number of amides is 2. The normalized spacial score (nSPS) is 10.2. The first-order valence-corrected chi connectivity index (χ1v) is 8.18. The van der Waals surface area contributed by atoms with Gasteiger partial charge in [-0.15, -0.1) is 0 Å². The lowest BCUT2D eigenvalue weighted by atomic mass is 10.2. The number of aryl methyl sites for hydroxylation is 1. The molecular formula is C16H18N4O3S. The van der Waals surface area contributed by atoms with Crippen LogP contribution in [0.15, 0.2) is 46.7 Å². The van der Waals surface area contributed by atoms with E-state index in [2.05, 4.69) is 20.6 Å². The van der Waals surface area contributed by atoms with Crippen LogP contribution in [0.2, 0.25) is 0 Å². The Labute approximate surface area is 143 Å². The fourth-order valence-corrected chi connectivity index (χ4v) is 2.70. The van der Waals surface area contributed by atoms with Crippen LogP contribution in [0.1, 0.15) is 18.4 Å². The van der Waals surface area contributed by atoms with Crippen molar-refractivity contribution in [2.24, 2.45) is 0 Å². The molecule has 0 aliphatic heterocycles. The zero-order valence-electron chi connectivity index (χ0n) is 13.2. The van der Waals surface area contributed by atoms with Crippen LogP contribution in [0.25, 0.3) is 0 Å². The minimum absolute atomic E-state index is 0.0345. The third-order valence-electron chi connectivity index (χ3n) is 3.05. The van der Waals surface area contributed by atoms with Crippen LogP contribution in [0.5, 0.6) is 0 Å². The lowest BCUT2D eigenvalue weighted by Gasteiger charge is -2.11. The van der Waals surface area contributed by atoms with Crippen molar-refractivity contribution in [1.29, 1.82) is 0 Å². The molecule has 0 saturated carbocycles. The van der Waals surface area contributed by atoms with E-state index < -0.39 is 5.97 Å². The standard InChI is InChI=1S/C16H18N4O3S/c1-11-10-12(24-16-18-8-3-9-19-16)5-6-13(11)20-15(23)17-7-2-4-14(21)22/h3,5-6,8-10H,2,4,7H2,1H3,(H,21,22)(H2,17,20,23). The van der Waals surface area contributed by atoms with E-state index in [0.29, 0.717) is 23.8 Å². The number of nitrogens with zero attached hydrogens (tertiary/aromatic N) is 2. The molecule has 0 aliphatic carbocycles. The van der Waals surface area contributed by atoms with Crippen molar-refractivity contribution < 1.29 is 14.7 Å². The van der Waals surface area contributed by atoms with Crippen LogP contribution >= 0.6 is 11.8 Å². The Morgan fingerprint density at radius 3 is 2.67 bits per heavy atom. The van der Waals surface area contributed by atoms with Gasteiger partial charge in [-0.1, -0.05) is 0 Å². The second kappa shape index (κ2) is 8.88. The molecule has 0 fully saturated rings. The summed E-state index contributed by atoms with van der Waals surface area (Å²) in [5.74, 6) is -0.872. The van der Waals surface area contributed by atoms with Crippen molar-refractivity contribution in [3.8, 4) is 0 Å². The number of rotatable bonds is 7. The second-order valence-corrected chi connectivity index (χ2v) is 6.03. The zero-order chi connectivity index (χ0) is 17.4. The Morgan fingerprint density at radius 2 is 2.00 bits per heavy atom. The summed E-state index contributed by atoms with van der Waals surface area (Å²) in [7, 11) is 0. The van der Waals surface area contributed by atoms with Crippen molar-refractivity contribution in [3.63, 3.8) is 0 Å². The summed E-state index contributed by atoms with van der Waals surface area (Å²) < 4.78 is 0. The van der Waals surface area contributed by atoms with E-state index in [0.717, 1.165) is 10.5 Å². The number of aromatic nitrogens is 2. The average Bonchev–Trinajstić information content (AvgIpc) is 2.55. The third-order valence-corrected chi connectivity index (χ3v) is 3.93. The minimum atomic E-state index is -0.872. The SMILES string of the molecule is Cc1cc(Sc2ncccn2)ccc1NC(=O)NCCCC(=O)O. The molecule has 0 atom stereocenters. The van der Waals surface area contributed by atoms with Crippen LogP contribution in [-0.2, 0) is 4.79 Å². The van der Waals surface area contributed by atoms with Gasteiger partial charge in [0.15, 0.2) is 5.16 Å². The highest BCUT2D eigenvalue weighted by Gasteiger charge is 2.07. The molecule has 7 nitrogen and oxygen atoms in total. The summed E-state index contributed by atoms with van der Waals surface area (Å²) in [5.41, 5.74) is 1.61. The molecule has 3 N–H and O–H groups in total. The quantitative estimate of drug-likeness (QED) is 0.526. The number of carbonyl (C=O) groups is 2. The van der Waals surface area contributed by atoms with Gasteiger partial charge in [0, 0.05) is 35.9 Å². The van der Waals surface area contributed by atoms with Gasteiger partial charge in [-0.2, -0.15) is 0 Å². The summed E-state index contributed by atoms with van der Waals surface area (Å²) in [6, 6.07) is 7.06. The molecule has 1 heterocycles. The predicted molar refractivity (Wildman–Crippen MR) is 91.2 cm³/mol. The predicted octanol–water partition coefficient (Wildman–Crippen LogP) is 2.92. The molecule has 0 bridgehead atoms. The third kappa shape index (κ3) is 5.88. The highest BCUT2D eigenvalue weighted by Crippen LogP contribution is 2.27. The summed E-state index contributed by atoms with van der Waals surface area (Å²) >= 11 is 1.44. The number of benzene rings is 1. The van der Waals surface area contributed by atoms with Crippen molar-refractivity contribution >= 4 is 29.4 Å². The smallest absolute Gasteiger partial charge is 0.319 e. The van der Waals surface area contributed by atoms with Gasteiger partial charge in [-0.25, -0.2) is 14.8 Å². The van der Waals surface area contributed by atoms with Crippen molar-refractivity contribution in [2.45, 2.75) is 29.8 Å². The molecule has 1 aromatic heterocycles. The Bertz CT molecular complexity index is 710. The van der Waals surface area contributed by atoms with Gasteiger partial charge in [0.05, 0.1) is 0 Å². The lowest BCUT2D eigenvalue weighted by molar-refractivity contribution is -0.137. The number of carboxylic acid groups (broad SMARTS) is 1. The van der Waals surface area contributed by atoms with E-state index in [9.17, 15) is 9.59 Å². The number of aliphatic carboxylic acids is 1. The van der Waals surface area contributed by atoms with Crippen molar-refractivity contribution in [3.05, 3.63) is 42.2 Å². The summed E-state index contributed by atoms with van der Waals surface area (Å²) in [4.78, 5) is 31.5. The van der Waals surface area contributed by atoms with Gasteiger partial charge < -0.3 is 15.7 Å². The number of hydrogen-bond acceptors (Lipinski definition) is 5. The van der Waals surface area contributed by atoms with E-state index in [-0.39, 0.29) is 12.5 Å². The van der Waals surface area contributed by atoms with Gasteiger partial charge in [0.2, 0.25) is 0 Å². The second-order valence-electron chi connectivity index (χ2n) is 4.99. The summed E-state index contributed by atoms with van der Waals surface area (Å²) in [5, 5.41) is 14.6. The number of urea groups is 1. The van der Waals surface area contributed by atoms with Gasteiger partial charge in [0.25, 0.3) is 0 Å². The topological polar surface area (TPSA) is 104 Å². The molecule has 24 heavy (non-hydrogen) atoms. The van der Waals surface area contributed by atoms with Crippen molar-refractivity contribution in [2.75, 3.05) is 11.9 Å². The number of anilines is 1. The van der Waals surface area contributed by atoms with Gasteiger partial charge in [0.1, 0.15) is 0 Å². The Kier molecular flexibility index (Phi) is 6.56. The van der Waals surface area contributed by atoms with Crippen LogP contribution in [0.4, 0.5) is 10.5 Å². The van der Waals surface area contributed by atoms with Crippen LogP contribution < -0.4 is 10.6 Å². The fourth-order valence-electron chi connectivity index (χ4n) is 1.89. The number of carboxylic acids is 1. The first kappa shape index (κ1) is 17.7. The molecule has 0 aliphatic rings.